The summed E-state index contributed by atoms with van der Waals surface area (Å²) in [5.74, 6) is -0.208. The molecule has 1 fully saturated rings. The maximum Gasteiger partial charge on any atom is 0.325 e. The van der Waals surface area contributed by atoms with Crippen molar-refractivity contribution in [1.29, 1.82) is 0 Å². The summed E-state index contributed by atoms with van der Waals surface area (Å²) < 4.78 is 0. The Labute approximate surface area is 114 Å². The van der Waals surface area contributed by atoms with Crippen molar-refractivity contribution < 1.29 is 9.90 Å². The molecular formula is C15H22N2O2. The highest BCUT2D eigenvalue weighted by atomic mass is 16.4. The molecule has 0 bridgehead atoms. The zero-order valence-corrected chi connectivity index (χ0v) is 11.6. The van der Waals surface area contributed by atoms with Gasteiger partial charge < -0.3 is 10.0 Å². The van der Waals surface area contributed by atoms with Crippen molar-refractivity contribution in [3.05, 3.63) is 35.9 Å². The van der Waals surface area contributed by atoms with E-state index in [1.807, 2.05) is 42.3 Å². The minimum atomic E-state index is -0.778. The Kier molecular flexibility index (Phi) is 4.56. The van der Waals surface area contributed by atoms with Crippen molar-refractivity contribution in [3.8, 4) is 0 Å². The van der Waals surface area contributed by atoms with Crippen LogP contribution in [-0.4, -0.2) is 54.6 Å². The van der Waals surface area contributed by atoms with E-state index in [0.29, 0.717) is 5.92 Å². The van der Waals surface area contributed by atoms with E-state index in [9.17, 15) is 9.90 Å². The fraction of sp³-hybridized carbons (Fsp3) is 0.533. The fourth-order valence-electron chi connectivity index (χ4n) is 2.91. The van der Waals surface area contributed by atoms with Crippen LogP contribution in [0.3, 0.4) is 0 Å². The van der Waals surface area contributed by atoms with Crippen LogP contribution in [0.2, 0.25) is 0 Å². The third-order valence-corrected chi connectivity index (χ3v) is 3.83. The zero-order valence-electron chi connectivity index (χ0n) is 11.6. The number of carboxylic acids is 1. The largest absolute Gasteiger partial charge is 0.480 e. The van der Waals surface area contributed by atoms with Crippen molar-refractivity contribution in [2.75, 3.05) is 33.7 Å². The van der Waals surface area contributed by atoms with E-state index >= 15 is 0 Å². The summed E-state index contributed by atoms with van der Waals surface area (Å²) in [6.45, 7) is 3.00. The van der Waals surface area contributed by atoms with E-state index in [0.717, 1.165) is 31.6 Å². The zero-order chi connectivity index (χ0) is 13.8. The SMILES string of the molecule is CN1CCC(CN(C)C(C(=O)O)c2ccccc2)C1. The highest BCUT2D eigenvalue weighted by Crippen LogP contribution is 2.23. The first-order valence-corrected chi connectivity index (χ1v) is 6.74. The Balaban J connectivity index is 2.05. The first kappa shape index (κ1) is 14.0. The number of carbonyl (C=O) groups is 1. The summed E-state index contributed by atoms with van der Waals surface area (Å²) in [7, 11) is 4.02. The number of aliphatic carboxylic acids is 1. The molecule has 4 nitrogen and oxygen atoms in total. The van der Waals surface area contributed by atoms with Gasteiger partial charge in [-0.15, -0.1) is 0 Å². The normalized spacial score (nSPS) is 21.7. The number of hydrogen-bond donors (Lipinski definition) is 1. The predicted molar refractivity (Wildman–Crippen MR) is 75.1 cm³/mol. The van der Waals surface area contributed by atoms with Crippen molar-refractivity contribution >= 4 is 5.97 Å². The van der Waals surface area contributed by atoms with Gasteiger partial charge in [-0.1, -0.05) is 30.3 Å². The van der Waals surface area contributed by atoms with Gasteiger partial charge in [-0.3, -0.25) is 9.69 Å². The van der Waals surface area contributed by atoms with E-state index in [2.05, 4.69) is 11.9 Å². The standard InChI is InChI=1S/C15H22N2O2/c1-16-9-8-12(10-16)11-17(2)14(15(18)19)13-6-4-3-5-7-13/h3-7,12,14H,8-11H2,1-2H3,(H,18,19). The second-order valence-corrected chi connectivity index (χ2v) is 5.51. The number of carboxylic acid groups (broad SMARTS) is 1. The van der Waals surface area contributed by atoms with Crippen molar-refractivity contribution in [1.82, 2.24) is 9.80 Å². The Morgan fingerprint density at radius 3 is 2.68 bits per heavy atom. The van der Waals surface area contributed by atoms with Crippen LogP contribution in [0.5, 0.6) is 0 Å². The Morgan fingerprint density at radius 2 is 2.16 bits per heavy atom. The molecule has 1 saturated heterocycles. The van der Waals surface area contributed by atoms with Crippen LogP contribution < -0.4 is 0 Å². The predicted octanol–water partition coefficient (Wildman–Crippen LogP) is 1.70. The van der Waals surface area contributed by atoms with Crippen LogP contribution in [0.15, 0.2) is 30.3 Å². The molecule has 1 aliphatic rings. The molecule has 0 aromatic heterocycles. The van der Waals surface area contributed by atoms with E-state index in [1.54, 1.807) is 0 Å². The molecule has 0 amide bonds. The van der Waals surface area contributed by atoms with Gasteiger partial charge in [0, 0.05) is 13.1 Å². The molecule has 1 aliphatic heterocycles. The quantitative estimate of drug-likeness (QED) is 0.877. The molecule has 1 aromatic carbocycles. The molecule has 0 saturated carbocycles. The summed E-state index contributed by atoms with van der Waals surface area (Å²) in [5.41, 5.74) is 0.851. The molecule has 0 aliphatic carbocycles. The van der Waals surface area contributed by atoms with Crippen molar-refractivity contribution in [3.63, 3.8) is 0 Å². The van der Waals surface area contributed by atoms with Gasteiger partial charge >= 0.3 is 5.97 Å². The number of likely N-dealkylation sites (tertiary alicyclic amines) is 1. The molecule has 2 atom stereocenters. The van der Waals surface area contributed by atoms with Gasteiger partial charge in [-0.2, -0.15) is 0 Å². The lowest BCUT2D eigenvalue weighted by molar-refractivity contribution is -0.143. The molecule has 19 heavy (non-hydrogen) atoms. The van der Waals surface area contributed by atoms with Crippen LogP contribution in [0.4, 0.5) is 0 Å². The number of hydrogen-bond acceptors (Lipinski definition) is 3. The lowest BCUT2D eigenvalue weighted by atomic mass is 10.0. The van der Waals surface area contributed by atoms with Gasteiger partial charge in [0.25, 0.3) is 0 Å². The first-order valence-electron chi connectivity index (χ1n) is 6.74. The molecule has 2 rings (SSSR count). The Morgan fingerprint density at radius 1 is 1.47 bits per heavy atom. The molecule has 0 radical (unpaired) electrons. The molecule has 1 heterocycles. The monoisotopic (exact) mass is 262 g/mol. The van der Waals surface area contributed by atoms with Crippen LogP contribution in [0.25, 0.3) is 0 Å². The van der Waals surface area contributed by atoms with Gasteiger partial charge in [-0.25, -0.2) is 0 Å². The molecule has 1 aromatic rings. The molecule has 1 N–H and O–H groups in total. The van der Waals surface area contributed by atoms with Crippen molar-refractivity contribution in [2.45, 2.75) is 12.5 Å². The summed E-state index contributed by atoms with van der Waals surface area (Å²) in [6.07, 6.45) is 1.15. The van der Waals surface area contributed by atoms with Gasteiger partial charge in [0.2, 0.25) is 0 Å². The second-order valence-electron chi connectivity index (χ2n) is 5.51. The van der Waals surface area contributed by atoms with Gasteiger partial charge in [0.1, 0.15) is 6.04 Å². The van der Waals surface area contributed by atoms with E-state index in [4.69, 9.17) is 0 Å². The lowest BCUT2D eigenvalue weighted by Crippen LogP contribution is -2.35. The topological polar surface area (TPSA) is 43.8 Å². The lowest BCUT2D eigenvalue weighted by Gasteiger charge is -2.27. The minimum Gasteiger partial charge on any atom is -0.480 e. The van der Waals surface area contributed by atoms with E-state index < -0.39 is 12.0 Å². The molecule has 104 valence electrons. The minimum absolute atomic E-state index is 0.549. The number of benzene rings is 1. The maximum atomic E-state index is 11.5. The van der Waals surface area contributed by atoms with Crippen LogP contribution in [0, 0.1) is 5.92 Å². The van der Waals surface area contributed by atoms with E-state index in [-0.39, 0.29) is 0 Å². The average Bonchev–Trinajstić information content (AvgIpc) is 2.75. The summed E-state index contributed by atoms with van der Waals surface area (Å²) in [6, 6.07) is 8.91. The fourth-order valence-corrected chi connectivity index (χ4v) is 2.91. The third kappa shape index (κ3) is 3.55. The smallest absolute Gasteiger partial charge is 0.325 e. The molecule has 2 unspecified atom stereocenters. The van der Waals surface area contributed by atoms with Gasteiger partial charge in [-0.05, 0) is 38.5 Å². The first-order chi connectivity index (χ1) is 9.08. The average molecular weight is 262 g/mol. The second kappa shape index (κ2) is 6.17. The molecule has 0 spiro atoms. The Hall–Kier alpha value is -1.39. The van der Waals surface area contributed by atoms with Gasteiger partial charge in [0.15, 0.2) is 0 Å². The maximum absolute atomic E-state index is 11.5. The van der Waals surface area contributed by atoms with Gasteiger partial charge in [0.05, 0.1) is 0 Å². The van der Waals surface area contributed by atoms with Crippen LogP contribution in [-0.2, 0) is 4.79 Å². The highest BCUT2D eigenvalue weighted by molar-refractivity contribution is 5.75. The summed E-state index contributed by atoms with van der Waals surface area (Å²) >= 11 is 0. The number of rotatable bonds is 5. The molecular weight excluding hydrogens is 240 g/mol. The Bertz CT molecular complexity index is 421. The van der Waals surface area contributed by atoms with Crippen LogP contribution in [0.1, 0.15) is 18.0 Å². The number of likely N-dealkylation sites (N-methyl/N-ethyl adjacent to an activating group) is 1. The van der Waals surface area contributed by atoms with Crippen molar-refractivity contribution in [2.24, 2.45) is 5.92 Å². The highest BCUT2D eigenvalue weighted by Gasteiger charge is 2.28. The van der Waals surface area contributed by atoms with Crippen LogP contribution >= 0.6 is 0 Å². The molecule has 4 heteroatoms. The summed E-state index contributed by atoms with van der Waals surface area (Å²) in [4.78, 5) is 15.8. The summed E-state index contributed by atoms with van der Waals surface area (Å²) in [5, 5.41) is 9.47. The number of nitrogens with zero attached hydrogens (tertiary/aromatic N) is 2. The third-order valence-electron chi connectivity index (χ3n) is 3.83. The van der Waals surface area contributed by atoms with E-state index in [1.165, 1.54) is 0 Å².